The molecule has 2 heterocycles. The number of aliphatic hydroxyl groups excluding tert-OH is 1. The number of carbonyl (C=O) groups is 1. The van der Waals surface area contributed by atoms with Crippen molar-refractivity contribution >= 4 is 33.2 Å². The minimum atomic E-state index is -3.94. The summed E-state index contributed by atoms with van der Waals surface area (Å²) in [5.74, 6) is 0.694. The molecule has 2 fully saturated rings. The Kier molecular flexibility index (Phi) is 8.45. The minimum absolute atomic E-state index is 0.131. The van der Waals surface area contributed by atoms with E-state index in [0.717, 1.165) is 68.6 Å². The Labute approximate surface area is 272 Å². The highest BCUT2D eigenvalue weighted by molar-refractivity contribution is 7.90. The van der Waals surface area contributed by atoms with Gasteiger partial charge in [0.2, 0.25) is 10.0 Å². The van der Waals surface area contributed by atoms with Gasteiger partial charge in [0.15, 0.2) is 0 Å². The molecule has 1 spiro atoms. The average molecular weight is 653 g/mol. The Hall–Kier alpha value is -2.55. The number of sulfonamides is 1. The first-order chi connectivity index (χ1) is 21.6. The predicted molar refractivity (Wildman–Crippen MR) is 177 cm³/mol. The zero-order chi connectivity index (χ0) is 31.3. The number of halogens is 1. The van der Waals surface area contributed by atoms with Crippen molar-refractivity contribution in [1.82, 2.24) is 4.72 Å². The number of amides is 1. The molecule has 9 heteroatoms. The van der Waals surface area contributed by atoms with Gasteiger partial charge in [-0.15, -0.1) is 0 Å². The smallest absolute Gasteiger partial charge is 0.264 e. The van der Waals surface area contributed by atoms with Crippen LogP contribution in [0.3, 0.4) is 0 Å². The van der Waals surface area contributed by atoms with Crippen LogP contribution in [0.5, 0.6) is 5.75 Å². The van der Waals surface area contributed by atoms with Crippen LogP contribution in [0.1, 0.15) is 86.2 Å². The SMILES string of the molecule is C[C@H]1C/C=C/[C@H](O)[C@@H]2CC[C@H]2CN2C[C@@]3(CCCc4cc(Cl)ccc43)COc3ccc(cc32)C(=O)NS(=O)(=O)[C@@H]1CC1CCC1. The van der Waals surface area contributed by atoms with Crippen molar-refractivity contribution in [3.63, 3.8) is 0 Å². The molecule has 1 amide bonds. The topological polar surface area (TPSA) is 95.9 Å². The van der Waals surface area contributed by atoms with Crippen molar-refractivity contribution in [2.24, 2.45) is 23.7 Å². The molecule has 6 atom stereocenters. The molecule has 45 heavy (non-hydrogen) atoms. The number of nitrogens with zero attached hydrogens (tertiary/aromatic N) is 1. The molecule has 5 aliphatic rings. The number of aliphatic hydroxyl groups is 1. The number of nitrogens with one attached hydrogen (secondary N) is 1. The van der Waals surface area contributed by atoms with E-state index in [4.69, 9.17) is 16.3 Å². The number of anilines is 1. The fourth-order valence-electron chi connectivity index (χ4n) is 8.52. The molecule has 2 aromatic rings. The van der Waals surface area contributed by atoms with Gasteiger partial charge >= 0.3 is 0 Å². The zero-order valence-electron chi connectivity index (χ0n) is 26.1. The molecule has 7 rings (SSSR count). The first-order valence-corrected chi connectivity index (χ1v) is 18.8. The molecule has 2 aromatic carbocycles. The highest BCUT2D eigenvalue weighted by Gasteiger charge is 2.44. The van der Waals surface area contributed by atoms with Gasteiger partial charge in [0.05, 0.1) is 23.6 Å². The lowest BCUT2D eigenvalue weighted by Gasteiger charge is -2.45. The standard InChI is InChI=1S/C36H45ClN2O5S/c1-23-5-2-9-32(40)29-13-10-27(29)20-39-21-36(16-4-8-25-18-28(37)12-14-30(25)36)22-44-33-15-11-26(19-31(33)39)35(41)38-45(42,43)34(23)17-24-6-3-7-24/h2,9,11-12,14-15,18-19,23-24,27,29,32,34,40H,3-8,10,13,16-17,20-22H2,1H3,(H,38,41)/b9-2+/t23-,27-,29+,32-,34+,36-/m0/s1. The number of hydrogen-bond acceptors (Lipinski definition) is 6. The number of rotatable bonds is 2. The number of fused-ring (bicyclic) bond motifs is 4. The Morgan fingerprint density at radius 2 is 1.96 bits per heavy atom. The summed E-state index contributed by atoms with van der Waals surface area (Å²) in [4.78, 5) is 16.0. The molecule has 2 saturated carbocycles. The van der Waals surface area contributed by atoms with E-state index in [9.17, 15) is 18.3 Å². The predicted octanol–water partition coefficient (Wildman–Crippen LogP) is 6.41. The first-order valence-electron chi connectivity index (χ1n) is 16.8. The summed E-state index contributed by atoms with van der Waals surface area (Å²) >= 11 is 6.41. The Bertz CT molecular complexity index is 1590. The van der Waals surface area contributed by atoms with Gasteiger partial charge in [-0.2, -0.15) is 0 Å². The van der Waals surface area contributed by atoms with Gasteiger partial charge in [-0.1, -0.05) is 56.0 Å². The summed E-state index contributed by atoms with van der Waals surface area (Å²) in [6, 6.07) is 11.5. The summed E-state index contributed by atoms with van der Waals surface area (Å²) in [7, 11) is -3.94. The second kappa shape index (κ2) is 12.2. The highest BCUT2D eigenvalue weighted by atomic mass is 35.5. The maximum absolute atomic E-state index is 13.8. The molecule has 242 valence electrons. The third-order valence-electron chi connectivity index (χ3n) is 11.6. The molecule has 0 radical (unpaired) electrons. The molecule has 3 aliphatic carbocycles. The lowest BCUT2D eigenvalue weighted by atomic mass is 9.68. The van der Waals surface area contributed by atoms with Crippen LogP contribution in [0, 0.1) is 23.7 Å². The largest absolute Gasteiger partial charge is 0.490 e. The van der Waals surface area contributed by atoms with Crippen molar-refractivity contribution in [1.29, 1.82) is 0 Å². The van der Waals surface area contributed by atoms with Crippen LogP contribution in [-0.4, -0.2) is 50.5 Å². The monoisotopic (exact) mass is 652 g/mol. The van der Waals surface area contributed by atoms with Gasteiger partial charge in [0.1, 0.15) is 5.75 Å². The van der Waals surface area contributed by atoms with Crippen molar-refractivity contribution < 1.29 is 23.1 Å². The summed E-state index contributed by atoms with van der Waals surface area (Å²) < 4.78 is 36.6. The zero-order valence-corrected chi connectivity index (χ0v) is 27.7. The number of hydrogen-bond donors (Lipinski definition) is 2. The second-order valence-corrected chi connectivity index (χ2v) is 16.8. The van der Waals surface area contributed by atoms with E-state index in [2.05, 4.69) is 21.8 Å². The summed E-state index contributed by atoms with van der Waals surface area (Å²) in [6.07, 6.45) is 12.5. The van der Waals surface area contributed by atoms with Crippen LogP contribution >= 0.6 is 11.6 Å². The van der Waals surface area contributed by atoms with Gasteiger partial charge in [-0.3, -0.25) is 4.79 Å². The van der Waals surface area contributed by atoms with Crippen molar-refractivity contribution in [2.75, 3.05) is 24.6 Å². The molecule has 7 nitrogen and oxygen atoms in total. The van der Waals surface area contributed by atoms with Crippen LogP contribution in [-0.2, 0) is 21.9 Å². The maximum Gasteiger partial charge on any atom is 0.264 e. The number of carbonyl (C=O) groups excluding carboxylic acids is 1. The summed E-state index contributed by atoms with van der Waals surface area (Å²) in [5, 5.41) is 11.4. The minimum Gasteiger partial charge on any atom is -0.490 e. The van der Waals surface area contributed by atoms with Crippen molar-refractivity contribution in [2.45, 2.75) is 87.9 Å². The Balaban J connectivity index is 1.27. The van der Waals surface area contributed by atoms with Gasteiger partial charge < -0.3 is 14.7 Å². The Morgan fingerprint density at radius 1 is 1.11 bits per heavy atom. The Morgan fingerprint density at radius 3 is 2.71 bits per heavy atom. The van der Waals surface area contributed by atoms with Gasteiger partial charge in [0.25, 0.3) is 5.91 Å². The van der Waals surface area contributed by atoms with E-state index in [1.54, 1.807) is 6.07 Å². The van der Waals surface area contributed by atoms with Crippen molar-refractivity contribution in [3.8, 4) is 5.75 Å². The molecular formula is C36H45ClN2O5S. The van der Waals surface area contributed by atoms with Gasteiger partial charge in [-0.25, -0.2) is 13.1 Å². The normalized spacial score (nSPS) is 33.8. The first kappa shape index (κ1) is 31.1. The van der Waals surface area contributed by atoms with E-state index in [1.807, 2.05) is 37.3 Å². The van der Waals surface area contributed by atoms with Crippen LogP contribution in [0.15, 0.2) is 48.6 Å². The lowest BCUT2D eigenvalue weighted by molar-refractivity contribution is 0.0455. The highest BCUT2D eigenvalue weighted by Crippen LogP contribution is 2.47. The molecule has 0 saturated heterocycles. The fraction of sp³-hybridized carbons (Fsp3) is 0.583. The molecule has 2 aliphatic heterocycles. The van der Waals surface area contributed by atoms with Gasteiger partial charge in [-0.05, 0) is 110 Å². The van der Waals surface area contributed by atoms with E-state index >= 15 is 0 Å². The molecular weight excluding hydrogens is 608 g/mol. The van der Waals surface area contributed by atoms with E-state index < -0.39 is 27.3 Å². The number of benzene rings is 2. The number of aryl methyl sites for hydroxylation is 1. The quantitative estimate of drug-likeness (QED) is 0.364. The molecule has 2 bridgehead atoms. The third kappa shape index (κ3) is 6.03. The van der Waals surface area contributed by atoms with E-state index in [0.29, 0.717) is 43.2 Å². The second-order valence-electron chi connectivity index (χ2n) is 14.5. The van der Waals surface area contributed by atoms with E-state index in [-0.39, 0.29) is 23.2 Å². The lowest BCUT2D eigenvalue weighted by Crippen LogP contribution is -2.49. The van der Waals surface area contributed by atoms with Crippen LogP contribution < -0.4 is 14.4 Å². The number of allylic oxidation sites excluding steroid dienone is 1. The van der Waals surface area contributed by atoms with Crippen LogP contribution in [0.4, 0.5) is 5.69 Å². The average Bonchev–Trinajstić information content (AvgIpc) is 3.10. The summed E-state index contributed by atoms with van der Waals surface area (Å²) in [5.41, 5.74) is 3.38. The van der Waals surface area contributed by atoms with Gasteiger partial charge in [0, 0.05) is 29.1 Å². The van der Waals surface area contributed by atoms with E-state index in [1.165, 1.54) is 11.1 Å². The molecule has 0 unspecified atom stereocenters. The molecule has 0 aromatic heterocycles. The maximum atomic E-state index is 13.8. The van der Waals surface area contributed by atoms with Crippen LogP contribution in [0.25, 0.3) is 0 Å². The fourth-order valence-corrected chi connectivity index (χ4v) is 10.5. The van der Waals surface area contributed by atoms with Crippen LogP contribution in [0.2, 0.25) is 5.02 Å². The summed E-state index contributed by atoms with van der Waals surface area (Å²) in [6.45, 7) is 3.88. The number of ether oxygens (including phenoxy) is 1. The third-order valence-corrected chi connectivity index (χ3v) is 13.7. The van der Waals surface area contributed by atoms with Crippen molar-refractivity contribution in [3.05, 3.63) is 70.3 Å². The molecule has 2 N–H and O–H groups in total.